The quantitative estimate of drug-likeness (QED) is 0.671. The lowest BCUT2D eigenvalue weighted by molar-refractivity contribution is -0.136. The molecule has 0 bridgehead atoms. The number of nitrogens with zero attached hydrogens (tertiary/aromatic N) is 1. The molecule has 4 rings (SSSR count). The molecule has 6 heteroatoms. The van der Waals surface area contributed by atoms with Gasteiger partial charge in [-0.05, 0) is 36.2 Å². The Morgan fingerprint density at radius 3 is 2.83 bits per heavy atom. The maximum atomic E-state index is 13.7. The van der Waals surface area contributed by atoms with E-state index >= 15 is 0 Å². The number of amides is 1. The summed E-state index contributed by atoms with van der Waals surface area (Å²) in [5.41, 5.74) is 1.45. The number of aromatic nitrogens is 1. The van der Waals surface area contributed by atoms with Gasteiger partial charge in [-0.25, -0.2) is 4.39 Å². The molecule has 3 aromatic rings. The Balaban J connectivity index is 1.58. The number of hydrogen-bond donors (Lipinski definition) is 2. The van der Waals surface area contributed by atoms with Gasteiger partial charge < -0.3 is 19.7 Å². The van der Waals surface area contributed by atoms with E-state index in [0.717, 1.165) is 16.6 Å². The first-order valence-corrected chi connectivity index (χ1v) is 9.86. The summed E-state index contributed by atoms with van der Waals surface area (Å²) in [5.74, 6) is -0.454. The second-order valence-corrected chi connectivity index (χ2v) is 7.78. The van der Waals surface area contributed by atoms with Crippen LogP contribution in [0.15, 0.2) is 54.7 Å². The molecule has 1 saturated heterocycles. The Kier molecular flexibility index (Phi) is 5.39. The molecule has 152 valence electrons. The monoisotopic (exact) mass is 396 g/mol. The maximum Gasteiger partial charge on any atom is 0.227 e. The number of aliphatic hydroxyl groups is 1. The first-order valence-electron chi connectivity index (χ1n) is 9.86. The first-order chi connectivity index (χ1) is 13.9. The number of rotatable bonds is 6. The van der Waals surface area contributed by atoms with Crippen molar-refractivity contribution in [3.05, 3.63) is 71.7 Å². The van der Waals surface area contributed by atoms with Crippen LogP contribution in [0.1, 0.15) is 24.5 Å². The van der Waals surface area contributed by atoms with E-state index in [1.165, 1.54) is 12.1 Å². The summed E-state index contributed by atoms with van der Waals surface area (Å²) in [6.45, 7) is 2.90. The van der Waals surface area contributed by atoms with E-state index < -0.39 is 5.60 Å². The molecular formula is C23H25FN2O3. The second-order valence-electron chi connectivity index (χ2n) is 7.78. The Hall–Kier alpha value is -2.70. The number of ether oxygens (including phenoxy) is 1. The average molecular weight is 396 g/mol. The van der Waals surface area contributed by atoms with Crippen LogP contribution in [0.3, 0.4) is 0 Å². The lowest BCUT2D eigenvalue weighted by Gasteiger charge is -2.33. The summed E-state index contributed by atoms with van der Waals surface area (Å²) in [6.07, 6.45) is 2.03. The predicted octanol–water partition coefficient (Wildman–Crippen LogP) is 3.42. The third-order valence-electron chi connectivity index (χ3n) is 5.76. The summed E-state index contributed by atoms with van der Waals surface area (Å²) in [6, 6.07) is 14.2. The van der Waals surface area contributed by atoms with Crippen molar-refractivity contribution in [3.8, 4) is 0 Å². The van der Waals surface area contributed by atoms with Crippen LogP contribution < -0.4 is 0 Å². The van der Waals surface area contributed by atoms with Crippen LogP contribution in [-0.2, 0) is 22.5 Å². The van der Waals surface area contributed by atoms with Gasteiger partial charge in [0.25, 0.3) is 0 Å². The number of fused-ring (bicyclic) bond motifs is 1. The third-order valence-corrected chi connectivity index (χ3v) is 5.76. The number of hydrogen-bond acceptors (Lipinski definition) is 3. The van der Waals surface area contributed by atoms with Crippen LogP contribution in [0.4, 0.5) is 4.39 Å². The second kappa shape index (κ2) is 7.97. The van der Waals surface area contributed by atoms with Crippen molar-refractivity contribution in [1.82, 2.24) is 9.88 Å². The van der Waals surface area contributed by atoms with Crippen LogP contribution in [0, 0.1) is 5.82 Å². The zero-order chi connectivity index (χ0) is 20.4. The molecule has 1 fully saturated rings. The van der Waals surface area contributed by atoms with E-state index in [1.54, 1.807) is 17.2 Å². The highest BCUT2D eigenvalue weighted by Gasteiger charge is 2.41. The molecule has 2 aromatic carbocycles. The lowest BCUT2D eigenvalue weighted by atomic mass is 9.95. The van der Waals surface area contributed by atoms with Gasteiger partial charge in [-0.1, -0.05) is 30.3 Å². The molecule has 2 atom stereocenters. The topological polar surface area (TPSA) is 65.6 Å². The summed E-state index contributed by atoms with van der Waals surface area (Å²) in [4.78, 5) is 18.0. The van der Waals surface area contributed by atoms with E-state index in [1.807, 2.05) is 37.3 Å². The standard InChI is InChI=1S/C23H25FN2O3/c1-16-23(28,9-10-29-16)15-26(14-17-5-3-2-4-6-17)22(27)11-18-13-25-21-8-7-19(24)12-20(18)21/h2-8,12-13,16,25,28H,9-11,14-15H2,1H3. The molecule has 2 heterocycles. The van der Waals surface area contributed by atoms with Gasteiger partial charge in [-0.15, -0.1) is 0 Å². The molecule has 5 nitrogen and oxygen atoms in total. The zero-order valence-electron chi connectivity index (χ0n) is 16.4. The molecule has 0 saturated carbocycles. The van der Waals surface area contributed by atoms with Gasteiger partial charge >= 0.3 is 0 Å². The Morgan fingerprint density at radius 1 is 1.31 bits per heavy atom. The number of nitrogens with one attached hydrogen (secondary N) is 1. The summed E-state index contributed by atoms with van der Waals surface area (Å²) in [5, 5.41) is 11.7. The van der Waals surface area contributed by atoms with Crippen molar-refractivity contribution in [1.29, 1.82) is 0 Å². The van der Waals surface area contributed by atoms with E-state index in [4.69, 9.17) is 4.74 Å². The van der Waals surface area contributed by atoms with E-state index in [-0.39, 0.29) is 30.8 Å². The highest BCUT2D eigenvalue weighted by Crippen LogP contribution is 2.28. The zero-order valence-corrected chi connectivity index (χ0v) is 16.4. The Morgan fingerprint density at radius 2 is 2.10 bits per heavy atom. The van der Waals surface area contributed by atoms with Crippen molar-refractivity contribution in [2.24, 2.45) is 0 Å². The summed E-state index contributed by atoms with van der Waals surface area (Å²) < 4.78 is 19.2. The van der Waals surface area contributed by atoms with Gasteiger partial charge in [0.05, 0.1) is 19.1 Å². The summed E-state index contributed by atoms with van der Waals surface area (Å²) >= 11 is 0. The predicted molar refractivity (Wildman–Crippen MR) is 109 cm³/mol. The highest BCUT2D eigenvalue weighted by atomic mass is 19.1. The van der Waals surface area contributed by atoms with Crippen LogP contribution in [0.2, 0.25) is 0 Å². The van der Waals surface area contributed by atoms with E-state index in [2.05, 4.69) is 4.98 Å². The third kappa shape index (κ3) is 4.18. The number of aromatic amines is 1. The largest absolute Gasteiger partial charge is 0.385 e. The van der Waals surface area contributed by atoms with Crippen LogP contribution in [0.25, 0.3) is 10.9 Å². The summed E-state index contributed by atoms with van der Waals surface area (Å²) in [7, 11) is 0. The number of carbonyl (C=O) groups excluding carboxylic acids is 1. The number of carbonyl (C=O) groups is 1. The molecular weight excluding hydrogens is 371 g/mol. The average Bonchev–Trinajstić information content (AvgIpc) is 3.25. The number of benzene rings is 2. The molecule has 1 amide bonds. The van der Waals surface area contributed by atoms with Gasteiger partial charge in [0.1, 0.15) is 11.4 Å². The SMILES string of the molecule is CC1OCCC1(O)CN(Cc1ccccc1)C(=O)Cc1c[nH]c2ccc(F)cc12. The number of H-pyrrole nitrogens is 1. The van der Waals surface area contributed by atoms with Crippen molar-refractivity contribution < 1.29 is 19.0 Å². The van der Waals surface area contributed by atoms with Crippen molar-refractivity contribution in [3.63, 3.8) is 0 Å². The normalized spacial score (nSPS) is 21.6. The molecule has 1 aromatic heterocycles. The van der Waals surface area contributed by atoms with Crippen molar-refractivity contribution in [2.45, 2.75) is 38.0 Å². The van der Waals surface area contributed by atoms with Crippen molar-refractivity contribution >= 4 is 16.8 Å². The minimum atomic E-state index is -1.07. The molecule has 2 N–H and O–H groups in total. The molecule has 2 unspecified atom stereocenters. The smallest absolute Gasteiger partial charge is 0.227 e. The van der Waals surface area contributed by atoms with Crippen molar-refractivity contribution in [2.75, 3.05) is 13.2 Å². The maximum absolute atomic E-state index is 13.7. The molecule has 1 aliphatic rings. The Labute approximate surface area is 169 Å². The van der Waals surface area contributed by atoms with E-state index in [0.29, 0.717) is 25.0 Å². The molecule has 0 aliphatic carbocycles. The van der Waals surface area contributed by atoms with Gasteiger partial charge in [-0.2, -0.15) is 0 Å². The van der Waals surface area contributed by atoms with Crippen LogP contribution >= 0.6 is 0 Å². The fourth-order valence-corrected chi connectivity index (χ4v) is 3.92. The van der Waals surface area contributed by atoms with Gasteiger partial charge in [0, 0.05) is 36.7 Å². The van der Waals surface area contributed by atoms with Crippen LogP contribution in [-0.4, -0.2) is 45.8 Å². The van der Waals surface area contributed by atoms with Gasteiger partial charge in [-0.3, -0.25) is 4.79 Å². The minimum absolute atomic E-state index is 0.119. The Bertz CT molecular complexity index is 1000. The van der Waals surface area contributed by atoms with Gasteiger partial charge in [0.15, 0.2) is 0 Å². The molecule has 29 heavy (non-hydrogen) atoms. The highest BCUT2D eigenvalue weighted by molar-refractivity contribution is 5.89. The van der Waals surface area contributed by atoms with Crippen LogP contribution in [0.5, 0.6) is 0 Å². The van der Waals surface area contributed by atoms with E-state index in [9.17, 15) is 14.3 Å². The van der Waals surface area contributed by atoms with Gasteiger partial charge in [0.2, 0.25) is 5.91 Å². The fraction of sp³-hybridized carbons (Fsp3) is 0.348. The molecule has 0 radical (unpaired) electrons. The lowest BCUT2D eigenvalue weighted by Crippen LogP contribution is -2.49. The molecule has 1 aliphatic heterocycles. The molecule has 0 spiro atoms. The number of halogens is 1. The minimum Gasteiger partial charge on any atom is -0.385 e. The first kappa shape index (κ1) is 19.6. The fourth-order valence-electron chi connectivity index (χ4n) is 3.92.